The van der Waals surface area contributed by atoms with Gasteiger partial charge in [-0.25, -0.2) is 14.6 Å². The maximum Gasteiger partial charge on any atom is 0.335 e. The first-order valence-corrected chi connectivity index (χ1v) is 21.0. The number of rotatable bonds is 17. The average molecular weight is 873 g/mol. The van der Waals surface area contributed by atoms with Gasteiger partial charge in [-0.05, 0) is 105 Å². The lowest BCUT2D eigenvalue weighted by Crippen LogP contribution is -2.51. The smallest absolute Gasteiger partial charge is 0.335 e. The molecule has 18 heteroatoms. The molecule has 0 unspecified atom stereocenters. The molecule has 18 nitrogen and oxygen atoms in total. The second kappa shape index (κ2) is 20.2. The van der Waals surface area contributed by atoms with Gasteiger partial charge in [0.15, 0.2) is 0 Å². The van der Waals surface area contributed by atoms with Crippen LogP contribution in [0.4, 0.5) is 5.69 Å². The molecule has 0 saturated heterocycles. The Morgan fingerprint density at radius 3 is 1.97 bits per heavy atom. The van der Waals surface area contributed by atoms with E-state index in [4.69, 9.17) is 20.4 Å². The van der Waals surface area contributed by atoms with E-state index in [0.29, 0.717) is 17.6 Å². The molecular formula is C45H56N6O12. The SMILES string of the molecule is CN(C(=O)c1cc2[nH]cnc2cc1C(=O)NCC12CC3CC(CC(C3)C1)C2)[C@@H](Cc1ccccc1)C(=O)Nc1cc(C(=O)O)cc(C(=O)O)c1.CNC[C@H](O)[C@@H](O)[C@H](O)[C@H](O)CO. The number of aliphatic hydroxyl groups is 5. The van der Waals surface area contributed by atoms with Gasteiger partial charge in [0.05, 0.1) is 52.3 Å². The number of aromatic carboxylic acids is 2. The van der Waals surface area contributed by atoms with Crippen LogP contribution in [0, 0.1) is 23.2 Å². The number of benzene rings is 3. The fourth-order valence-electron chi connectivity index (χ4n) is 9.86. The summed E-state index contributed by atoms with van der Waals surface area (Å²) >= 11 is 0. The maximum absolute atomic E-state index is 14.4. The van der Waals surface area contributed by atoms with Crippen molar-refractivity contribution in [1.29, 1.82) is 0 Å². The van der Waals surface area contributed by atoms with Crippen LogP contribution in [0.1, 0.15) is 85.5 Å². The van der Waals surface area contributed by atoms with E-state index < -0.39 is 60.8 Å². The zero-order valence-electron chi connectivity index (χ0n) is 35.1. The van der Waals surface area contributed by atoms with Crippen molar-refractivity contribution in [3.63, 3.8) is 0 Å². The van der Waals surface area contributed by atoms with Crippen LogP contribution in [-0.2, 0) is 11.2 Å². The molecule has 1 aromatic heterocycles. The summed E-state index contributed by atoms with van der Waals surface area (Å²) in [7, 11) is 3.05. The van der Waals surface area contributed by atoms with Crippen molar-refractivity contribution in [3.05, 3.63) is 94.8 Å². The summed E-state index contributed by atoms with van der Waals surface area (Å²) in [6.07, 6.45) is 3.14. The summed E-state index contributed by atoms with van der Waals surface area (Å²) in [5, 5.41) is 72.4. The number of carboxylic acids is 2. The van der Waals surface area contributed by atoms with Crippen molar-refractivity contribution in [2.75, 3.05) is 39.1 Å². The number of likely N-dealkylation sites (N-methyl/N-ethyl adjacent to an activating group) is 2. The predicted octanol–water partition coefficient (Wildman–Crippen LogP) is 1.87. The van der Waals surface area contributed by atoms with E-state index in [1.165, 1.54) is 37.5 Å². The van der Waals surface area contributed by atoms with Gasteiger partial charge in [-0.3, -0.25) is 14.4 Å². The average Bonchev–Trinajstić information content (AvgIpc) is 3.73. The van der Waals surface area contributed by atoms with Crippen LogP contribution in [0.25, 0.3) is 11.0 Å². The second-order valence-electron chi connectivity index (χ2n) is 17.3. The fraction of sp³-hybridized carbons (Fsp3) is 0.467. The van der Waals surface area contributed by atoms with E-state index in [1.54, 1.807) is 31.3 Å². The molecule has 0 aliphatic heterocycles. The minimum atomic E-state index is -1.55. The summed E-state index contributed by atoms with van der Waals surface area (Å²) in [6, 6.07) is 14.4. The Labute approximate surface area is 363 Å². The highest BCUT2D eigenvalue weighted by Crippen LogP contribution is 2.59. The third-order valence-corrected chi connectivity index (χ3v) is 12.6. The van der Waals surface area contributed by atoms with E-state index in [9.17, 15) is 39.3 Å². The van der Waals surface area contributed by atoms with Gasteiger partial charge in [0.2, 0.25) is 5.91 Å². The topological polar surface area (TPSA) is 295 Å². The van der Waals surface area contributed by atoms with Gasteiger partial charge >= 0.3 is 11.9 Å². The number of H-pyrrole nitrogens is 1. The Morgan fingerprint density at radius 1 is 0.825 bits per heavy atom. The number of nitrogens with one attached hydrogen (secondary N) is 4. The number of hydrogen-bond donors (Lipinski definition) is 11. The molecule has 1 heterocycles. The largest absolute Gasteiger partial charge is 0.478 e. The van der Waals surface area contributed by atoms with Gasteiger partial charge in [-0.15, -0.1) is 0 Å². The number of fused-ring (bicyclic) bond motifs is 1. The summed E-state index contributed by atoms with van der Waals surface area (Å²) in [5.74, 6) is -2.18. The number of hydrogen-bond acceptors (Lipinski definition) is 12. The number of aliphatic hydroxyl groups excluding tert-OH is 5. The number of carbonyl (C=O) groups excluding carboxylic acids is 3. The van der Waals surface area contributed by atoms with E-state index in [0.717, 1.165) is 60.8 Å². The number of nitrogens with zero attached hydrogens (tertiary/aromatic N) is 2. The van der Waals surface area contributed by atoms with Gasteiger partial charge in [0.1, 0.15) is 24.4 Å². The first-order valence-electron chi connectivity index (χ1n) is 21.0. The zero-order chi connectivity index (χ0) is 45.6. The highest BCUT2D eigenvalue weighted by atomic mass is 16.4. The molecule has 4 aliphatic rings. The molecule has 3 amide bonds. The van der Waals surface area contributed by atoms with E-state index in [-0.39, 0.29) is 52.2 Å². The highest BCUT2D eigenvalue weighted by Gasteiger charge is 2.51. The normalized spacial score (nSPS) is 22.2. The predicted molar refractivity (Wildman–Crippen MR) is 229 cm³/mol. The van der Waals surface area contributed by atoms with Crippen LogP contribution >= 0.6 is 0 Å². The Kier molecular flexibility index (Phi) is 15.0. The Morgan fingerprint density at radius 2 is 1.41 bits per heavy atom. The lowest BCUT2D eigenvalue weighted by Gasteiger charge is -2.56. The lowest BCUT2D eigenvalue weighted by atomic mass is 9.49. The van der Waals surface area contributed by atoms with Gasteiger partial charge in [-0.1, -0.05) is 30.3 Å². The first-order chi connectivity index (χ1) is 30.0. The Bertz CT molecular complexity index is 2220. The van der Waals surface area contributed by atoms with Crippen LogP contribution in [0.5, 0.6) is 0 Å². The highest BCUT2D eigenvalue weighted by molar-refractivity contribution is 6.11. The quantitative estimate of drug-likeness (QED) is 0.0723. The maximum atomic E-state index is 14.4. The number of aromatic nitrogens is 2. The van der Waals surface area contributed by atoms with Crippen molar-refractivity contribution in [2.45, 2.75) is 75.4 Å². The fourth-order valence-corrected chi connectivity index (χ4v) is 9.86. The first kappa shape index (κ1) is 46.7. The molecule has 4 saturated carbocycles. The monoisotopic (exact) mass is 872 g/mol. The van der Waals surface area contributed by atoms with Crippen molar-refractivity contribution in [2.24, 2.45) is 23.2 Å². The van der Waals surface area contributed by atoms with Gasteiger partial charge in [-0.2, -0.15) is 0 Å². The van der Waals surface area contributed by atoms with Crippen LogP contribution in [0.15, 0.2) is 67.0 Å². The van der Waals surface area contributed by atoms with Gasteiger partial charge in [0.25, 0.3) is 11.8 Å². The van der Waals surface area contributed by atoms with E-state index in [2.05, 4.69) is 25.9 Å². The summed E-state index contributed by atoms with van der Waals surface area (Å²) in [5.41, 5.74) is 1.47. The van der Waals surface area contributed by atoms with Crippen LogP contribution in [-0.4, -0.2) is 145 Å². The van der Waals surface area contributed by atoms with Gasteiger partial charge in [0, 0.05) is 32.2 Å². The van der Waals surface area contributed by atoms with Crippen molar-refractivity contribution in [3.8, 4) is 0 Å². The minimum absolute atomic E-state index is 0.0465. The number of anilines is 1. The summed E-state index contributed by atoms with van der Waals surface area (Å²) < 4.78 is 0. The molecule has 63 heavy (non-hydrogen) atoms. The third kappa shape index (κ3) is 11.1. The standard InChI is InChI=1S/C38H39N5O7.C7H17NO5/c1-43(32(10-21-5-3-2-4-6-21)34(45)42-27-12-25(36(47)48)11-26(13-27)37(49)50)35(46)29-15-31-30(40-20-41-31)14-28(29)33(44)39-19-38-16-22-7-23(17-38)9-24(8-22)18-38;1-8-2-4(10)6(12)7(13)5(11)3-9/h2-6,11-15,20,22-24,32H,7-10,16-19H2,1H3,(H,39,44)(H,40,41)(H,42,45)(H,47,48)(H,49,50);4-13H,2-3H2,1H3/t22?,23?,24?,32-,38?;4-,5+,6+,7+/m00/s1. The molecule has 11 N–H and O–H groups in total. The molecule has 8 rings (SSSR count). The number of carboxylic acid groups (broad SMARTS) is 2. The summed E-state index contributed by atoms with van der Waals surface area (Å²) in [4.78, 5) is 74.3. The number of carbonyl (C=O) groups is 5. The number of aromatic amines is 1. The van der Waals surface area contributed by atoms with Crippen LogP contribution < -0.4 is 16.0 Å². The second-order valence-corrected chi connectivity index (χ2v) is 17.3. The van der Waals surface area contributed by atoms with E-state index in [1.807, 2.05) is 18.2 Å². The molecule has 3 aromatic carbocycles. The minimum Gasteiger partial charge on any atom is -0.478 e. The van der Waals surface area contributed by atoms with Crippen molar-refractivity contribution >= 4 is 46.4 Å². The van der Waals surface area contributed by atoms with Crippen molar-refractivity contribution < 1.29 is 59.7 Å². The molecule has 4 bridgehead atoms. The molecule has 4 aliphatic carbocycles. The van der Waals surface area contributed by atoms with Gasteiger partial charge < -0.3 is 61.6 Å². The molecule has 0 spiro atoms. The molecule has 0 radical (unpaired) electrons. The zero-order valence-corrected chi connectivity index (χ0v) is 35.1. The molecule has 5 atom stereocenters. The molecule has 338 valence electrons. The van der Waals surface area contributed by atoms with Crippen LogP contribution in [0.3, 0.4) is 0 Å². The number of imidazole rings is 1. The summed E-state index contributed by atoms with van der Waals surface area (Å²) in [6.45, 7) is -0.0228. The lowest BCUT2D eigenvalue weighted by molar-refractivity contribution is -0.120. The Balaban J connectivity index is 0.000000442. The Hall–Kier alpha value is -5.76. The molecular weight excluding hydrogens is 817 g/mol. The number of amides is 3. The van der Waals surface area contributed by atoms with Crippen molar-refractivity contribution in [1.82, 2.24) is 25.5 Å². The molecule has 4 aromatic rings. The van der Waals surface area contributed by atoms with E-state index >= 15 is 0 Å². The van der Waals surface area contributed by atoms with Crippen LogP contribution in [0.2, 0.25) is 0 Å². The molecule has 4 fully saturated rings. The third-order valence-electron chi connectivity index (χ3n) is 12.6.